The maximum Gasteiger partial charge on any atom is 0.239 e. The van der Waals surface area contributed by atoms with Crippen molar-refractivity contribution < 1.29 is 18.3 Å². The van der Waals surface area contributed by atoms with E-state index >= 15 is 0 Å². The Kier molecular flexibility index (Phi) is 7.48. The molecule has 0 unspecified atom stereocenters. The Morgan fingerprint density at radius 3 is 2.53 bits per heavy atom. The molecule has 4 aromatic rings. The minimum absolute atomic E-state index is 0.0557. The lowest BCUT2D eigenvalue weighted by Crippen LogP contribution is -2.22. The van der Waals surface area contributed by atoms with Crippen molar-refractivity contribution in [2.45, 2.75) is 32.4 Å². The Labute approximate surface area is 212 Å². The van der Waals surface area contributed by atoms with Crippen LogP contribution in [0.4, 0.5) is 14.5 Å². The summed E-state index contributed by atoms with van der Waals surface area (Å²) in [6.45, 7) is 7.59. The fraction of sp³-hybridized carbons (Fsp3) is 0.348. The zero-order chi connectivity index (χ0) is 26.0. The summed E-state index contributed by atoms with van der Waals surface area (Å²) in [5.41, 5.74) is 1.66. The topological polar surface area (TPSA) is 99.8 Å². The van der Waals surface area contributed by atoms with Crippen LogP contribution in [-0.4, -0.2) is 56.0 Å². The van der Waals surface area contributed by atoms with Crippen LogP contribution < -0.4 is 5.32 Å². The molecular formula is C23H26ClF2N7O2Si. The highest BCUT2D eigenvalue weighted by Gasteiger charge is 2.21. The molecule has 0 radical (unpaired) electrons. The number of rotatable bonds is 9. The van der Waals surface area contributed by atoms with Crippen LogP contribution in [0.2, 0.25) is 25.7 Å². The number of nitrogens with one attached hydrogen (secondary N) is 1. The van der Waals surface area contributed by atoms with Gasteiger partial charge in [0.2, 0.25) is 5.91 Å². The van der Waals surface area contributed by atoms with Crippen molar-refractivity contribution in [3.8, 4) is 22.6 Å². The molecule has 0 bridgehead atoms. The van der Waals surface area contributed by atoms with Gasteiger partial charge in [0.1, 0.15) is 41.0 Å². The summed E-state index contributed by atoms with van der Waals surface area (Å²) < 4.78 is 39.0. The number of hydrogen-bond donors (Lipinski definition) is 1. The largest absolute Gasteiger partial charge is 0.360 e. The highest BCUT2D eigenvalue weighted by Crippen LogP contribution is 2.31. The molecule has 0 saturated heterocycles. The van der Waals surface area contributed by atoms with Gasteiger partial charge in [0.25, 0.3) is 0 Å². The van der Waals surface area contributed by atoms with Gasteiger partial charge < -0.3 is 10.1 Å². The molecular weight excluding hydrogens is 508 g/mol. The first kappa shape index (κ1) is 25.9. The predicted octanol–water partition coefficient (Wildman–Crippen LogP) is 4.66. The predicted molar refractivity (Wildman–Crippen MR) is 136 cm³/mol. The molecule has 0 fully saturated rings. The zero-order valence-electron chi connectivity index (χ0n) is 20.3. The highest BCUT2D eigenvalue weighted by atomic mass is 35.5. The van der Waals surface area contributed by atoms with Crippen molar-refractivity contribution in [1.29, 1.82) is 0 Å². The Morgan fingerprint density at radius 1 is 1.19 bits per heavy atom. The van der Waals surface area contributed by atoms with Crippen LogP contribution >= 0.6 is 11.6 Å². The molecule has 1 amide bonds. The lowest BCUT2D eigenvalue weighted by atomic mass is 10.1. The highest BCUT2D eigenvalue weighted by molar-refractivity contribution is 6.76. The molecule has 3 heterocycles. The number of hydrogen-bond acceptors (Lipinski definition) is 6. The fourth-order valence-electron chi connectivity index (χ4n) is 3.50. The average molecular weight is 534 g/mol. The van der Waals surface area contributed by atoms with Crippen LogP contribution in [0.15, 0.2) is 30.7 Å². The van der Waals surface area contributed by atoms with Gasteiger partial charge in [-0.15, -0.1) is 11.6 Å². The van der Waals surface area contributed by atoms with Gasteiger partial charge in [-0.2, -0.15) is 10.2 Å². The van der Waals surface area contributed by atoms with E-state index in [2.05, 4.69) is 45.1 Å². The fourth-order valence-corrected chi connectivity index (χ4v) is 4.32. The number of fused-ring (bicyclic) bond motifs is 1. The number of alkyl halides is 1. The monoisotopic (exact) mass is 533 g/mol. The van der Waals surface area contributed by atoms with Crippen LogP contribution in [0.3, 0.4) is 0 Å². The summed E-state index contributed by atoms with van der Waals surface area (Å²) in [6.07, 6.45) is 4.87. The molecule has 4 rings (SSSR count). The summed E-state index contributed by atoms with van der Waals surface area (Å²) in [4.78, 5) is 20.2. The molecule has 1 aromatic carbocycles. The zero-order valence-corrected chi connectivity index (χ0v) is 22.1. The van der Waals surface area contributed by atoms with Gasteiger partial charge in [-0.25, -0.2) is 23.4 Å². The minimum atomic E-state index is -1.26. The lowest BCUT2D eigenvalue weighted by Gasteiger charge is -2.15. The Hall–Kier alpha value is -3.22. The second-order valence-electron chi connectivity index (χ2n) is 9.52. The van der Waals surface area contributed by atoms with Crippen LogP contribution in [0.1, 0.15) is 0 Å². The van der Waals surface area contributed by atoms with E-state index in [1.807, 2.05) is 0 Å². The van der Waals surface area contributed by atoms with Crippen LogP contribution in [0, 0.1) is 11.6 Å². The van der Waals surface area contributed by atoms with Crippen molar-refractivity contribution in [1.82, 2.24) is 29.5 Å². The SMILES string of the molecule is Cn1cc(-c2nn(COCC[Si](C)(C)C)c3cnc(-c4c(F)cc(NC(=O)CCl)cc4F)nc23)cn1. The molecule has 0 aliphatic heterocycles. The number of carbonyl (C=O) groups excluding carboxylic acids is 1. The van der Waals surface area contributed by atoms with Gasteiger partial charge in [-0.3, -0.25) is 9.48 Å². The molecule has 36 heavy (non-hydrogen) atoms. The van der Waals surface area contributed by atoms with E-state index < -0.39 is 31.2 Å². The summed E-state index contributed by atoms with van der Waals surface area (Å²) in [5.74, 6) is -2.93. The summed E-state index contributed by atoms with van der Waals surface area (Å²) in [6, 6.07) is 2.99. The number of aromatic nitrogens is 6. The van der Waals surface area contributed by atoms with E-state index in [4.69, 9.17) is 16.3 Å². The molecule has 0 aliphatic carbocycles. The Balaban J connectivity index is 1.73. The molecule has 0 aliphatic rings. The first-order valence-corrected chi connectivity index (χ1v) is 15.5. The van der Waals surface area contributed by atoms with E-state index in [1.165, 1.54) is 6.20 Å². The first-order valence-electron chi connectivity index (χ1n) is 11.2. The molecule has 9 nitrogen and oxygen atoms in total. The minimum Gasteiger partial charge on any atom is -0.360 e. The van der Waals surface area contributed by atoms with Gasteiger partial charge in [-0.1, -0.05) is 19.6 Å². The van der Waals surface area contributed by atoms with E-state index in [0.29, 0.717) is 28.9 Å². The third-order valence-electron chi connectivity index (χ3n) is 5.35. The smallest absolute Gasteiger partial charge is 0.239 e. The molecule has 190 valence electrons. The second kappa shape index (κ2) is 10.4. The lowest BCUT2D eigenvalue weighted by molar-refractivity contribution is -0.113. The standard InChI is InChI=1S/C23H26ClF2N7O2Si/c1-32-12-14(10-28-32)21-22-18(33(31-21)13-35-5-6-36(2,3)4)11-27-23(30-22)20-16(25)7-15(8-17(20)26)29-19(34)9-24/h7-8,10-12H,5-6,9,13H2,1-4H3,(H,29,34). The van der Waals surface area contributed by atoms with Crippen LogP contribution in [0.5, 0.6) is 0 Å². The molecule has 0 saturated carbocycles. The number of anilines is 1. The van der Waals surface area contributed by atoms with E-state index in [1.54, 1.807) is 28.8 Å². The molecule has 13 heteroatoms. The van der Waals surface area contributed by atoms with Crippen molar-refractivity contribution in [3.63, 3.8) is 0 Å². The van der Waals surface area contributed by atoms with Gasteiger partial charge >= 0.3 is 0 Å². The first-order chi connectivity index (χ1) is 17.1. The second-order valence-corrected chi connectivity index (χ2v) is 15.4. The van der Waals surface area contributed by atoms with Gasteiger partial charge in [0, 0.05) is 39.2 Å². The van der Waals surface area contributed by atoms with Gasteiger partial charge in [-0.05, 0) is 18.2 Å². The summed E-state index contributed by atoms with van der Waals surface area (Å²) >= 11 is 5.45. The van der Waals surface area contributed by atoms with Gasteiger partial charge in [0.05, 0.1) is 18.0 Å². The Morgan fingerprint density at radius 2 is 1.92 bits per heavy atom. The van der Waals surface area contributed by atoms with E-state index in [0.717, 1.165) is 18.2 Å². The summed E-state index contributed by atoms with van der Waals surface area (Å²) in [7, 11) is 0.520. The van der Waals surface area contributed by atoms with E-state index in [9.17, 15) is 13.6 Å². The van der Waals surface area contributed by atoms with Crippen LogP contribution in [0.25, 0.3) is 33.7 Å². The maximum absolute atomic E-state index is 14.9. The third kappa shape index (κ3) is 5.77. The normalized spacial score (nSPS) is 11.9. The maximum atomic E-state index is 14.9. The number of ether oxygens (including phenoxy) is 1. The number of halogens is 3. The van der Waals surface area contributed by atoms with Crippen molar-refractivity contribution in [2.24, 2.45) is 7.05 Å². The van der Waals surface area contributed by atoms with Crippen molar-refractivity contribution in [2.75, 3.05) is 17.8 Å². The number of aryl methyl sites for hydroxylation is 1. The molecule has 0 atom stereocenters. The van der Waals surface area contributed by atoms with Crippen molar-refractivity contribution in [3.05, 3.63) is 42.4 Å². The number of benzene rings is 1. The van der Waals surface area contributed by atoms with Crippen LogP contribution in [-0.2, 0) is 23.3 Å². The van der Waals surface area contributed by atoms with Gasteiger partial charge in [0.15, 0.2) is 5.82 Å². The quantitative estimate of drug-likeness (QED) is 0.191. The summed E-state index contributed by atoms with van der Waals surface area (Å²) in [5, 5.41) is 11.2. The molecule has 0 spiro atoms. The number of amides is 1. The van der Waals surface area contributed by atoms with Crippen molar-refractivity contribution >= 4 is 42.3 Å². The van der Waals surface area contributed by atoms with E-state index in [-0.39, 0.29) is 24.1 Å². The Bertz CT molecular complexity index is 1390. The number of carbonyl (C=O) groups is 1. The third-order valence-corrected chi connectivity index (χ3v) is 7.30. The number of nitrogens with zero attached hydrogens (tertiary/aromatic N) is 6. The average Bonchev–Trinajstić information content (AvgIpc) is 3.38. The molecule has 1 N–H and O–H groups in total. The molecule has 3 aromatic heterocycles.